The largest absolute Gasteiger partial charge is 0.497 e. The highest BCUT2D eigenvalue weighted by molar-refractivity contribution is 5.79. The molecule has 0 aliphatic carbocycles. The third-order valence-corrected chi connectivity index (χ3v) is 6.58. The molecule has 9 nitrogen and oxygen atoms in total. The molecule has 1 amide bonds. The number of aromatic nitrogens is 4. The first kappa shape index (κ1) is 20.5. The quantitative estimate of drug-likeness (QED) is 0.620. The Morgan fingerprint density at radius 1 is 0.969 bits per heavy atom. The molecule has 0 radical (unpaired) electrons. The second-order valence-electron chi connectivity index (χ2n) is 8.48. The monoisotopic (exact) mass is 435 g/mol. The molecule has 0 atom stereocenters. The summed E-state index contributed by atoms with van der Waals surface area (Å²) in [4.78, 5) is 19.8. The van der Waals surface area contributed by atoms with Crippen molar-refractivity contribution in [2.24, 2.45) is 5.92 Å². The third kappa shape index (κ3) is 3.94. The Kier molecular flexibility index (Phi) is 5.55. The van der Waals surface area contributed by atoms with Gasteiger partial charge >= 0.3 is 0 Å². The van der Waals surface area contributed by atoms with Crippen LogP contribution in [-0.2, 0) is 4.79 Å². The van der Waals surface area contributed by atoms with E-state index in [1.54, 1.807) is 11.6 Å². The lowest BCUT2D eigenvalue weighted by Gasteiger charge is -2.39. The Labute approximate surface area is 187 Å². The molecule has 0 N–H and O–H groups in total. The number of anilines is 2. The first-order valence-corrected chi connectivity index (χ1v) is 11.2. The highest BCUT2D eigenvalue weighted by atomic mass is 16.5. The van der Waals surface area contributed by atoms with Crippen LogP contribution >= 0.6 is 0 Å². The molecule has 0 bridgehead atoms. The summed E-state index contributed by atoms with van der Waals surface area (Å²) in [6.45, 7) is 6.79. The van der Waals surface area contributed by atoms with Crippen molar-refractivity contribution in [2.75, 3.05) is 56.2 Å². The fourth-order valence-electron chi connectivity index (χ4n) is 4.66. The Morgan fingerprint density at radius 3 is 2.50 bits per heavy atom. The third-order valence-electron chi connectivity index (χ3n) is 6.58. The summed E-state index contributed by atoms with van der Waals surface area (Å²) in [6, 6.07) is 12.1. The van der Waals surface area contributed by atoms with Crippen LogP contribution in [-0.4, -0.2) is 77.0 Å². The number of carbonyl (C=O) groups is 1. The molecule has 2 aliphatic rings. The van der Waals surface area contributed by atoms with Gasteiger partial charge in [-0.1, -0.05) is 6.07 Å². The molecule has 3 aromatic rings. The highest BCUT2D eigenvalue weighted by Gasteiger charge is 2.31. The molecule has 32 heavy (non-hydrogen) atoms. The fraction of sp³-hybridized carbons (Fsp3) is 0.478. The maximum Gasteiger partial charge on any atom is 0.225 e. The van der Waals surface area contributed by atoms with E-state index < -0.39 is 0 Å². The molecule has 4 heterocycles. The first-order valence-electron chi connectivity index (χ1n) is 11.2. The number of methoxy groups -OCH3 is 1. The lowest BCUT2D eigenvalue weighted by Crippen LogP contribution is -2.51. The van der Waals surface area contributed by atoms with Crippen molar-refractivity contribution in [2.45, 2.75) is 19.8 Å². The van der Waals surface area contributed by atoms with Gasteiger partial charge in [-0.25, -0.2) is 0 Å². The number of carbonyl (C=O) groups excluding carboxylic acids is 1. The van der Waals surface area contributed by atoms with Crippen molar-refractivity contribution in [3.05, 3.63) is 42.2 Å². The smallest absolute Gasteiger partial charge is 0.225 e. The number of hydrogen-bond acceptors (Lipinski definition) is 7. The van der Waals surface area contributed by atoms with E-state index in [9.17, 15) is 4.79 Å². The van der Waals surface area contributed by atoms with Crippen LogP contribution in [0.5, 0.6) is 5.75 Å². The van der Waals surface area contributed by atoms with E-state index >= 15 is 0 Å². The maximum absolute atomic E-state index is 13.2. The summed E-state index contributed by atoms with van der Waals surface area (Å²) >= 11 is 0. The zero-order valence-corrected chi connectivity index (χ0v) is 18.6. The van der Waals surface area contributed by atoms with Crippen molar-refractivity contribution in [1.82, 2.24) is 24.7 Å². The minimum absolute atomic E-state index is 0.0926. The standard InChI is InChI=1S/C23H29N7O2/c1-17-24-25-21-6-7-22(26-30(17)21)28-10-8-18(9-11-28)23(31)29-14-12-27(13-15-29)19-4-3-5-20(16-19)32-2/h3-7,16,18H,8-15H2,1-2H3. The van der Waals surface area contributed by atoms with Crippen LogP contribution in [0, 0.1) is 12.8 Å². The number of nitrogens with zero attached hydrogens (tertiary/aromatic N) is 7. The van der Waals surface area contributed by atoms with Gasteiger partial charge in [0.1, 0.15) is 11.6 Å². The summed E-state index contributed by atoms with van der Waals surface area (Å²) < 4.78 is 7.11. The number of hydrogen-bond donors (Lipinski definition) is 0. The second-order valence-corrected chi connectivity index (χ2v) is 8.48. The van der Waals surface area contributed by atoms with E-state index in [-0.39, 0.29) is 5.92 Å². The molecule has 5 rings (SSSR count). The Bertz CT molecular complexity index is 1100. The van der Waals surface area contributed by atoms with Crippen molar-refractivity contribution < 1.29 is 9.53 Å². The molecule has 2 aromatic heterocycles. The highest BCUT2D eigenvalue weighted by Crippen LogP contribution is 2.26. The van der Waals surface area contributed by atoms with Crippen LogP contribution in [0.25, 0.3) is 5.65 Å². The van der Waals surface area contributed by atoms with Gasteiger partial charge in [0.2, 0.25) is 5.91 Å². The zero-order chi connectivity index (χ0) is 22.1. The van der Waals surface area contributed by atoms with Gasteiger partial charge in [0.15, 0.2) is 11.5 Å². The number of amides is 1. The fourth-order valence-corrected chi connectivity index (χ4v) is 4.66. The number of rotatable bonds is 4. The van der Waals surface area contributed by atoms with Gasteiger partial charge in [-0.2, -0.15) is 4.52 Å². The van der Waals surface area contributed by atoms with E-state index in [0.717, 1.165) is 80.8 Å². The van der Waals surface area contributed by atoms with Crippen molar-refractivity contribution in [1.29, 1.82) is 0 Å². The summed E-state index contributed by atoms with van der Waals surface area (Å²) in [7, 11) is 1.69. The molecule has 0 saturated carbocycles. The number of piperidine rings is 1. The summed E-state index contributed by atoms with van der Waals surface area (Å²) in [5, 5.41) is 12.8. The Morgan fingerprint density at radius 2 is 1.75 bits per heavy atom. The number of aryl methyl sites for hydroxylation is 1. The van der Waals surface area contributed by atoms with Gasteiger partial charge in [0, 0.05) is 56.9 Å². The SMILES string of the molecule is COc1cccc(N2CCN(C(=O)C3CCN(c4ccc5nnc(C)n5n4)CC3)CC2)c1. The normalized spacial score (nSPS) is 17.8. The number of benzene rings is 1. The van der Waals surface area contributed by atoms with Crippen molar-refractivity contribution >= 4 is 23.1 Å². The van der Waals surface area contributed by atoms with Crippen LogP contribution in [0.4, 0.5) is 11.5 Å². The molecule has 9 heteroatoms. The maximum atomic E-state index is 13.2. The predicted molar refractivity (Wildman–Crippen MR) is 122 cm³/mol. The number of ether oxygens (including phenoxy) is 1. The Hall–Kier alpha value is -3.36. The van der Waals surface area contributed by atoms with Gasteiger partial charge in [0.05, 0.1) is 7.11 Å². The van der Waals surface area contributed by atoms with Crippen molar-refractivity contribution in [3.63, 3.8) is 0 Å². The molecule has 2 aliphatic heterocycles. The molecule has 0 spiro atoms. The number of piperazine rings is 1. The first-order chi connectivity index (χ1) is 15.6. The van der Waals surface area contributed by atoms with Gasteiger partial charge in [-0.3, -0.25) is 4.79 Å². The lowest BCUT2D eigenvalue weighted by atomic mass is 9.95. The molecule has 1 aromatic carbocycles. The Balaban J connectivity index is 1.15. The van der Waals surface area contributed by atoms with Crippen LogP contribution < -0.4 is 14.5 Å². The van der Waals surface area contributed by atoms with Crippen LogP contribution in [0.2, 0.25) is 0 Å². The van der Waals surface area contributed by atoms with E-state index in [2.05, 4.69) is 37.2 Å². The van der Waals surface area contributed by atoms with Gasteiger partial charge < -0.3 is 19.4 Å². The van der Waals surface area contributed by atoms with Crippen molar-refractivity contribution in [3.8, 4) is 5.75 Å². The lowest BCUT2D eigenvalue weighted by molar-refractivity contribution is -0.136. The molecule has 0 unspecified atom stereocenters. The summed E-state index contributed by atoms with van der Waals surface area (Å²) in [5.41, 5.74) is 1.90. The predicted octanol–water partition coefficient (Wildman–Crippen LogP) is 2.01. The van der Waals surface area contributed by atoms with Gasteiger partial charge in [-0.05, 0) is 44.0 Å². The van der Waals surface area contributed by atoms with Gasteiger partial charge in [-0.15, -0.1) is 15.3 Å². The summed E-state index contributed by atoms with van der Waals surface area (Å²) in [6.07, 6.45) is 1.71. The van der Waals surface area contributed by atoms with E-state index in [4.69, 9.17) is 4.74 Å². The zero-order valence-electron chi connectivity index (χ0n) is 18.6. The molecule has 2 saturated heterocycles. The van der Waals surface area contributed by atoms with Gasteiger partial charge in [0.25, 0.3) is 0 Å². The van der Waals surface area contributed by atoms with Crippen LogP contribution in [0.3, 0.4) is 0 Å². The molecular weight excluding hydrogens is 406 g/mol. The van der Waals surface area contributed by atoms with E-state index in [0.29, 0.717) is 5.91 Å². The average molecular weight is 436 g/mol. The van der Waals surface area contributed by atoms with E-state index in [1.807, 2.05) is 36.1 Å². The topological polar surface area (TPSA) is 79.1 Å². The van der Waals surface area contributed by atoms with E-state index in [1.165, 1.54) is 0 Å². The number of fused-ring (bicyclic) bond motifs is 1. The molecule has 168 valence electrons. The molecule has 2 fully saturated rings. The second kappa shape index (κ2) is 8.64. The van der Waals surface area contributed by atoms with Crippen LogP contribution in [0.1, 0.15) is 18.7 Å². The minimum Gasteiger partial charge on any atom is -0.497 e. The summed E-state index contributed by atoms with van der Waals surface area (Å²) in [5.74, 6) is 2.95. The average Bonchev–Trinajstić information content (AvgIpc) is 3.24. The minimum atomic E-state index is 0.0926. The van der Waals surface area contributed by atoms with Crippen LogP contribution in [0.15, 0.2) is 36.4 Å². The molecular formula is C23H29N7O2.